The number of nitrogens with one attached hydrogen (secondary N) is 1. The summed E-state index contributed by atoms with van der Waals surface area (Å²) in [7, 11) is 0. The van der Waals surface area contributed by atoms with Crippen molar-refractivity contribution in [2.24, 2.45) is 5.84 Å². The lowest BCUT2D eigenvalue weighted by Crippen LogP contribution is -2.37. The van der Waals surface area contributed by atoms with Crippen LogP contribution in [0.1, 0.15) is 29.5 Å². The van der Waals surface area contributed by atoms with Crippen LogP contribution in [0, 0.1) is 0 Å². The molecule has 104 valence electrons. The monoisotopic (exact) mass is 280 g/mol. The molecule has 1 aliphatic rings. The van der Waals surface area contributed by atoms with Crippen LogP contribution in [-0.2, 0) is 6.54 Å². The van der Waals surface area contributed by atoms with Crippen LogP contribution in [0.15, 0.2) is 18.2 Å². The maximum Gasteiger partial charge on any atom is 0.283 e. The first-order chi connectivity index (χ1) is 9.22. The predicted molar refractivity (Wildman–Crippen MR) is 77.7 cm³/mol. The molecule has 1 fully saturated rings. The first-order valence-corrected chi connectivity index (χ1v) is 7.58. The maximum absolute atomic E-state index is 11.4. The molecule has 2 rings (SSSR count). The van der Waals surface area contributed by atoms with Crippen LogP contribution < -0.4 is 11.3 Å². The summed E-state index contributed by atoms with van der Waals surface area (Å²) in [6.07, 6.45) is 1.20. The molecule has 1 aromatic rings. The van der Waals surface area contributed by atoms with E-state index in [9.17, 15) is 4.79 Å². The lowest BCUT2D eigenvalue weighted by molar-refractivity contribution is 0.0948. The molecule has 1 aromatic heterocycles. The van der Waals surface area contributed by atoms with E-state index >= 15 is 0 Å². The number of pyridine rings is 1. The van der Waals surface area contributed by atoms with E-state index in [1.54, 1.807) is 6.07 Å². The third kappa shape index (κ3) is 3.92. The van der Waals surface area contributed by atoms with Crippen molar-refractivity contribution in [3.05, 3.63) is 29.6 Å². The molecule has 0 aromatic carbocycles. The van der Waals surface area contributed by atoms with Gasteiger partial charge in [0.25, 0.3) is 5.91 Å². The molecule has 3 N–H and O–H groups in total. The van der Waals surface area contributed by atoms with Crippen molar-refractivity contribution in [1.29, 1.82) is 0 Å². The van der Waals surface area contributed by atoms with Gasteiger partial charge in [0.2, 0.25) is 0 Å². The van der Waals surface area contributed by atoms with Crippen molar-refractivity contribution in [3.8, 4) is 0 Å². The van der Waals surface area contributed by atoms with Crippen molar-refractivity contribution in [2.45, 2.75) is 25.1 Å². The highest BCUT2D eigenvalue weighted by Gasteiger charge is 2.19. The van der Waals surface area contributed by atoms with Crippen LogP contribution >= 0.6 is 11.8 Å². The van der Waals surface area contributed by atoms with Gasteiger partial charge in [0, 0.05) is 30.6 Å². The SMILES string of the molecule is CCC1CN(Cc2cccc(C(=O)NN)n2)CCS1. The van der Waals surface area contributed by atoms with Gasteiger partial charge in [-0.15, -0.1) is 0 Å². The molecular formula is C13H20N4OS. The first-order valence-electron chi connectivity index (χ1n) is 6.53. The summed E-state index contributed by atoms with van der Waals surface area (Å²) in [4.78, 5) is 18.2. The highest BCUT2D eigenvalue weighted by atomic mass is 32.2. The van der Waals surface area contributed by atoms with Gasteiger partial charge in [0.15, 0.2) is 0 Å². The van der Waals surface area contributed by atoms with E-state index in [4.69, 9.17) is 5.84 Å². The van der Waals surface area contributed by atoms with Crippen LogP contribution in [0.25, 0.3) is 0 Å². The Labute approximate surface area is 117 Å². The Bertz CT molecular complexity index is 440. The van der Waals surface area contributed by atoms with Crippen molar-refractivity contribution in [1.82, 2.24) is 15.3 Å². The second-order valence-corrected chi connectivity index (χ2v) is 6.03. The van der Waals surface area contributed by atoms with Crippen LogP contribution in [0.3, 0.4) is 0 Å². The zero-order chi connectivity index (χ0) is 13.7. The second kappa shape index (κ2) is 6.88. The quantitative estimate of drug-likeness (QED) is 0.489. The molecule has 0 aliphatic carbocycles. The number of carbonyl (C=O) groups is 1. The van der Waals surface area contributed by atoms with E-state index in [-0.39, 0.29) is 5.91 Å². The van der Waals surface area contributed by atoms with E-state index in [2.05, 4.69) is 22.2 Å². The number of amides is 1. The number of rotatable bonds is 4. The minimum Gasteiger partial charge on any atom is -0.296 e. The Balaban J connectivity index is 2.00. The fourth-order valence-electron chi connectivity index (χ4n) is 2.17. The number of thioether (sulfide) groups is 1. The molecule has 0 spiro atoms. The lowest BCUT2D eigenvalue weighted by Gasteiger charge is -2.31. The van der Waals surface area contributed by atoms with Gasteiger partial charge in [-0.2, -0.15) is 11.8 Å². The fourth-order valence-corrected chi connectivity index (χ4v) is 3.42. The molecule has 6 heteroatoms. The number of carbonyl (C=O) groups excluding carboxylic acids is 1. The molecule has 1 unspecified atom stereocenters. The standard InChI is InChI=1S/C13H20N4OS/c1-2-11-9-17(6-7-19-11)8-10-4-3-5-12(15-10)13(18)16-14/h3-5,11H,2,6-9,14H2,1H3,(H,16,18). The van der Waals surface area contributed by atoms with Crippen molar-refractivity contribution in [3.63, 3.8) is 0 Å². The summed E-state index contributed by atoms with van der Waals surface area (Å²) >= 11 is 2.05. The second-order valence-electron chi connectivity index (χ2n) is 4.62. The van der Waals surface area contributed by atoms with E-state index in [1.165, 1.54) is 12.2 Å². The van der Waals surface area contributed by atoms with Gasteiger partial charge in [0.1, 0.15) is 5.69 Å². The predicted octanol–water partition coefficient (Wildman–Crippen LogP) is 1.01. The van der Waals surface area contributed by atoms with Crippen molar-refractivity contribution in [2.75, 3.05) is 18.8 Å². The summed E-state index contributed by atoms with van der Waals surface area (Å²) in [5.74, 6) is 5.95. The number of hydrogen-bond donors (Lipinski definition) is 2. The number of nitrogens with two attached hydrogens (primary N) is 1. The molecular weight excluding hydrogens is 260 g/mol. The molecule has 1 aliphatic heterocycles. The third-order valence-electron chi connectivity index (χ3n) is 3.23. The summed E-state index contributed by atoms with van der Waals surface area (Å²) in [5, 5.41) is 0.712. The van der Waals surface area contributed by atoms with E-state index in [0.717, 1.165) is 25.3 Å². The molecule has 1 amide bonds. The number of hydrazine groups is 1. The van der Waals surface area contributed by atoms with E-state index < -0.39 is 0 Å². The van der Waals surface area contributed by atoms with Gasteiger partial charge >= 0.3 is 0 Å². The Hall–Kier alpha value is -1.11. The van der Waals surface area contributed by atoms with E-state index in [1.807, 2.05) is 23.9 Å². The Kier molecular flexibility index (Phi) is 5.18. The Morgan fingerprint density at radius 2 is 2.47 bits per heavy atom. The number of aromatic nitrogens is 1. The van der Waals surface area contributed by atoms with Crippen LogP contribution in [-0.4, -0.2) is 39.9 Å². The molecule has 1 atom stereocenters. The van der Waals surface area contributed by atoms with Gasteiger partial charge in [-0.3, -0.25) is 15.1 Å². The third-order valence-corrected chi connectivity index (χ3v) is 4.61. The molecule has 19 heavy (non-hydrogen) atoms. The molecule has 5 nitrogen and oxygen atoms in total. The zero-order valence-corrected chi connectivity index (χ0v) is 11.9. The molecule has 0 radical (unpaired) electrons. The highest BCUT2D eigenvalue weighted by molar-refractivity contribution is 8.00. The Morgan fingerprint density at radius 3 is 3.21 bits per heavy atom. The highest BCUT2D eigenvalue weighted by Crippen LogP contribution is 2.22. The minimum atomic E-state index is -0.345. The van der Waals surface area contributed by atoms with Gasteiger partial charge in [-0.25, -0.2) is 10.8 Å². The zero-order valence-electron chi connectivity index (χ0n) is 11.1. The average molecular weight is 280 g/mol. The topological polar surface area (TPSA) is 71.2 Å². The van der Waals surface area contributed by atoms with Crippen LogP contribution in [0.2, 0.25) is 0 Å². The molecule has 0 bridgehead atoms. The normalized spacial score (nSPS) is 20.2. The Morgan fingerprint density at radius 1 is 1.63 bits per heavy atom. The largest absolute Gasteiger partial charge is 0.296 e. The summed E-state index contributed by atoms with van der Waals surface area (Å²) in [5.41, 5.74) is 3.40. The minimum absolute atomic E-state index is 0.345. The summed E-state index contributed by atoms with van der Waals surface area (Å²) < 4.78 is 0. The fraction of sp³-hybridized carbons (Fsp3) is 0.538. The lowest BCUT2D eigenvalue weighted by atomic mass is 10.2. The van der Waals surface area contributed by atoms with Gasteiger partial charge in [-0.05, 0) is 18.6 Å². The van der Waals surface area contributed by atoms with Gasteiger partial charge in [0.05, 0.1) is 5.69 Å². The van der Waals surface area contributed by atoms with Gasteiger partial charge in [-0.1, -0.05) is 13.0 Å². The summed E-state index contributed by atoms with van der Waals surface area (Å²) in [6, 6.07) is 5.48. The van der Waals surface area contributed by atoms with E-state index in [0.29, 0.717) is 10.9 Å². The van der Waals surface area contributed by atoms with Crippen molar-refractivity contribution >= 4 is 17.7 Å². The first kappa shape index (κ1) is 14.3. The van der Waals surface area contributed by atoms with Crippen LogP contribution in [0.4, 0.5) is 0 Å². The van der Waals surface area contributed by atoms with Gasteiger partial charge < -0.3 is 0 Å². The van der Waals surface area contributed by atoms with Crippen molar-refractivity contribution < 1.29 is 4.79 Å². The molecule has 0 saturated carbocycles. The molecule has 2 heterocycles. The number of nitrogen functional groups attached to an aromatic ring is 1. The average Bonchev–Trinajstić information content (AvgIpc) is 2.47. The number of hydrogen-bond acceptors (Lipinski definition) is 5. The maximum atomic E-state index is 11.4. The van der Waals surface area contributed by atoms with Crippen LogP contribution in [0.5, 0.6) is 0 Å². The molecule has 1 saturated heterocycles. The summed E-state index contributed by atoms with van der Waals surface area (Å²) in [6.45, 7) is 5.20. The number of nitrogens with zero attached hydrogens (tertiary/aromatic N) is 2. The smallest absolute Gasteiger partial charge is 0.283 e.